The molecule has 0 unspecified atom stereocenters. The summed E-state index contributed by atoms with van der Waals surface area (Å²) in [5.41, 5.74) is 3.15. The van der Waals surface area contributed by atoms with Crippen molar-refractivity contribution in [2.75, 3.05) is 6.61 Å². The zero-order chi connectivity index (χ0) is 19.4. The van der Waals surface area contributed by atoms with E-state index in [4.69, 9.17) is 4.74 Å². The molecule has 3 rings (SSSR count). The average molecular weight is 369 g/mol. The van der Waals surface area contributed by atoms with Crippen LogP contribution in [0.15, 0.2) is 30.3 Å². The zero-order valence-electron chi connectivity index (χ0n) is 16.2. The normalized spacial score (nSPS) is 15.5. The van der Waals surface area contributed by atoms with Crippen molar-refractivity contribution < 1.29 is 14.3 Å². The van der Waals surface area contributed by atoms with E-state index in [1.54, 1.807) is 11.6 Å². The van der Waals surface area contributed by atoms with Gasteiger partial charge in [-0.1, -0.05) is 31.0 Å². The number of esters is 1. The van der Waals surface area contributed by atoms with E-state index in [9.17, 15) is 9.59 Å². The van der Waals surface area contributed by atoms with Gasteiger partial charge in [0.15, 0.2) is 6.04 Å². The standard InChI is InChI=1S/C21H27N3O3/c1-4-27-21(26)19(22-20(25)16-10-8-9-11-16)18-14(2)23-24(15(18)3)17-12-6-5-7-13-17/h5-7,12-13,16,19H,4,8-11H2,1-3H3,(H,22,25)/t19-/m1/s1. The Kier molecular flexibility index (Phi) is 5.94. The van der Waals surface area contributed by atoms with Crippen molar-refractivity contribution in [2.45, 2.75) is 52.5 Å². The topological polar surface area (TPSA) is 73.2 Å². The number of carbonyl (C=O) groups excluding carboxylic acids is 2. The van der Waals surface area contributed by atoms with Gasteiger partial charge < -0.3 is 10.1 Å². The highest BCUT2D eigenvalue weighted by molar-refractivity contribution is 5.87. The number of aryl methyl sites for hydroxylation is 1. The SMILES string of the molecule is CCOC(=O)[C@H](NC(=O)C1CCCC1)c1c(C)nn(-c2ccccc2)c1C. The lowest BCUT2D eigenvalue weighted by Gasteiger charge is -2.20. The van der Waals surface area contributed by atoms with Crippen LogP contribution < -0.4 is 5.32 Å². The van der Waals surface area contributed by atoms with Gasteiger partial charge >= 0.3 is 5.97 Å². The quantitative estimate of drug-likeness (QED) is 0.792. The molecule has 1 aliphatic rings. The first-order valence-electron chi connectivity index (χ1n) is 9.61. The van der Waals surface area contributed by atoms with E-state index >= 15 is 0 Å². The number of aromatic nitrogens is 2. The van der Waals surface area contributed by atoms with E-state index < -0.39 is 12.0 Å². The predicted molar refractivity (Wildman–Crippen MR) is 103 cm³/mol. The summed E-state index contributed by atoms with van der Waals surface area (Å²) in [5, 5.41) is 7.55. The number of para-hydroxylation sites is 1. The number of nitrogens with zero attached hydrogens (tertiary/aromatic N) is 2. The molecule has 0 aliphatic heterocycles. The molecule has 1 saturated carbocycles. The van der Waals surface area contributed by atoms with Gasteiger partial charge in [0.25, 0.3) is 0 Å². The molecule has 1 aromatic carbocycles. The number of benzene rings is 1. The van der Waals surface area contributed by atoms with E-state index in [-0.39, 0.29) is 18.4 Å². The van der Waals surface area contributed by atoms with Gasteiger partial charge in [-0.15, -0.1) is 0 Å². The maximum atomic E-state index is 12.7. The number of hydrogen-bond donors (Lipinski definition) is 1. The van der Waals surface area contributed by atoms with E-state index in [2.05, 4.69) is 10.4 Å². The Labute approximate surface area is 159 Å². The molecule has 0 saturated heterocycles. The lowest BCUT2D eigenvalue weighted by atomic mass is 10.0. The molecule has 144 valence electrons. The van der Waals surface area contributed by atoms with E-state index in [1.165, 1.54) is 0 Å². The largest absolute Gasteiger partial charge is 0.464 e. The summed E-state index contributed by atoms with van der Waals surface area (Å²) in [6.45, 7) is 5.80. The van der Waals surface area contributed by atoms with Gasteiger partial charge in [-0.25, -0.2) is 9.48 Å². The van der Waals surface area contributed by atoms with Crippen LogP contribution in [-0.2, 0) is 14.3 Å². The minimum atomic E-state index is -0.837. The van der Waals surface area contributed by atoms with Crippen LogP contribution in [-0.4, -0.2) is 28.3 Å². The molecule has 0 bridgehead atoms. The fraction of sp³-hybridized carbons (Fsp3) is 0.476. The van der Waals surface area contributed by atoms with Crippen molar-refractivity contribution >= 4 is 11.9 Å². The lowest BCUT2D eigenvalue weighted by molar-refractivity contribution is -0.148. The molecular formula is C21H27N3O3. The number of ether oxygens (including phenoxy) is 1. The second-order valence-corrected chi connectivity index (χ2v) is 7.01. The van der Waals surface area contributed by atoms with E-state index in [0.29, 0.717) is 11.3 Å². The van der Waals surface area contributed by atoms with Crippen LogP contribution >= 0.6 is 0 Å². The number of rotatable bonds is 6. The minimum Gasteiger partial charge on any atom is -0.464 e. The van der Waals surface area contributed by atoms with Crippen LogP contribution in [0.25, 0.3) is 5.69 Å². The Hall–Kier alpha value is -2.63. The average Bonchev–Trinajstić information content (AvgIpc) is 3.29. The van der Waals surface area contributed by atoms with E-state index in [0.717, 1.165) is 37.1 Å². The fourth-order valence-corrected chi connectivity index (χ4v) is 3.82. The predicted octanol–water partition coefficient (Wildman–Crippen LogP) is 3.40. The van der Waals surface area contributed by atoms with Crippen molar-refractivity contribution in [1.29, 1.82) is 0 Å². The Bertz CT molecular complexity index is 808. The van der Waals surface area contributed by atoms with Crippen LogP contribution in [0.1, 0.15) is 55.6 Å². The first-order valence-corrected chi connectivity index (χ1v) is 9.61. The minimum absolute atomic E-state index is 0.0216. The summed E-state index contributed by atoms with van der Waals surface area (Å²) < 4.78 is 7.06. The molecule has 0 radical (unpaired) electrons. The zero-order valence-corrected chi connectivity index (χ0v) is 16.2. The van der Waals surface area contributed by atoms with Crippen LogP contribution in [0, 0.1) is 19.8 Å². The molecule has 0 spiro atoms. The molecule has 1 aromatic heterocycles. The molecular weight excluding hydrogens is 342 g/mol. The second kappa shape index (κ2) is 8.37. The van der Waals surface area contributed by atoms with Gasteiger partial charge in [-0.2, -0.15) is 5.10 Å². The molecule has 1 aliphatic carbocycles. The third-order valence-corrected chi connectivity index (χ3v) is 5.17. The fourth-order valence-electron chi connectivity index (χ4n) is 3.82. The molecule has 1 fully saturated rings. The van der Waals surface area contributed by atoms with Gasteiger partial charge in [0.2, 0.25) is 5.91 Å². The summed E-state index contributed by atoms with van der Waals surface area (Å²) in [7, 11) is 0. The van der Waals surface area contributed by atoms with Gasteiger partial charge in [0.1, 0.15) is 0 Å². The summed E-state index contributed by atoms with van der Waals surface area (Å²) in [6.07, 6.45) is 3.88. The summed E-state index contributed by atoms with van der Waals surface area (Å²) in [4.78, 5) is 25.4. The number of amides is 1. The number of hydrogen-bond acceptors (Lipinski definition) is 4. The molecule has 2 aromatic rings. The highest BCUT2D eigenvalue weighted by Gasteiger charge is 2.33. The van der Waals surface area contributed by atoms with Crippen LogP contribution in [0.2, 0.25) is 0 Å². The number of nitrogens with one attached hydrogen (secondary N) is 1. The smallest absolute Gasteiger partial charge is 0.333 e. The lowest BCUT2D eigenvalue weighted by Crippen LogP contribution is -2.38. The molecule has 27 heavy (non-hydrogen) atoms. The monoisotopic (exact) mass is 369 g/mol. The molecule has 1 N–H and O–H groups in total. The molecule has 1 heterocycles. The molecule has 6 nitrogen and oxygen atoms in total. The van der Waals surface area contributed by atoms with Gasteiger partial charge in [-0.3, -0.25) is 4.79 Å². The summed E-state index contributed by atoms with van der Waals surface area (Å²) >= 11 is 0. The Morgan fingerprint density at radius 1 is 1.22 bits per heavy atom. The Balaban J connectivity index is 1.95. The highest BCUT2D eigenvalue weighted by Crippen LogP contribution is 2.29. The Morgan fingerprint density at radius 2 is 1.89 bits per heavy atom. The van der Waals surface area contributed by atoms with Crippen LogP contribution in [0.3, 0.4) is 0 Å². The Morgan fingerprint density at radius 3 is 2.52 bits per heavy atom. The highest BCUT2D eigenvalue weighted by atomic mass is 16.5. The molecule has 6 heteroatoms. The maximum Gasteiger partial charge on any atom is 0.333 e. The summed E-state index contributed by atoms with van der Waals surface area (Å²) in [5.74, 6) is -0.536. The third kappa shape index (κ3) is 4.04. The third-order valence-electron chi connectivity index (χ3n) is 5.17. The van der Waals surface area contributed by atoms with Crippen molar-refractivity contribution in [3.8, 4) is 5.69 Å². The van der Waals surface area contributed by atoms with Crippen LogP contribution in [0.5, 0.6) is 0 Å². The van der Waals surface area contributed by atoms with Gasteiger partial charge in [-0.05, 0) is 45.7 Å². The first-order chi connectivity index (χ1) is 13.0. The van der Waals surface area contributed by atoms with Crippen molar-refractivity contribution in [3.63, 3.8) is 0 Å². The maximum absolute atomic E-state index is 12.7. The van der Waals surface area contributed by atoms with Gasteiger partial charge in [0, 0.05) is 17.2 Å². The van der Waals surface area contributed by atoms with Crippen molar-refractivity contribution in [2.24, 2.45) is 5.92 Å². The van der Waals surface area contributed by atoms with Crippen molar-refractivity contribution in [3.05, 3.63) is 47.3 Å². The van der Waals surface area contributed by atoms with Crippen molar-refractivity contribution in [1.82, 2.24) is 15.1 Å². The first kappa shape index (κ1) is 19.1. The molecule has 1 atom stereocenters. The van der Waals surface area contributed by atoms with E-state index in [1.807, 2.05) is 44.2 Å². The molecule has 1 amide bonds. The van der Waals surface area contributed by atoms with Crippen LogP contribution in [0.4, 0.5) is 0 Å². The second-order valence-electron chi connectivity index (χ2n) is 7.01. The summed E-state index contributed by atoms with van der Waals surface area (Å²) in [6, 6.07) is 8.90. The number of carbonyl (C=O) groups is 2. The van der Waals surface area contributed by atoms with Gasteiger partial charge in [0.05, 0.1) is 18.0 Å².